The Morgan fingerprint density at radius 3 is 2.36 bits per heavy atom. The van der Waals surface area contributed by atoms with Crippen molar-refractivity contribution in [2.75, 3.05) is 13.1 Å². The van der Waals surface area contributed by atoms with Crippen LogP contribution in [0, 0.1) is 5.92 Å². The Bertz CT molecular complexity index is 343. The molecule has 1 saturated carbocycles. The summed E-state index contributed by atoms with van der Waals surface area (Å²) in [5.74, 6) is -1.46. The predicted octanol–water partition coefficient (Wildman–Crippen LogP) is -1.00. The molecule has 7 heteroatoms. The lowest BCUT2D eigenvalue weighted by Gasteiger charge is -2.35. The zero-order valence-electron chi connectivity index (χ0n) is 7.51. The standard InChI is InChI=1S/C7H12N2O4S/c10-7(11)5-3-9(4-5)14(12,13)8-6-1-2-6/h5-6,8H,1-4H2,(H,10,11). The Balaban J connectivity index is 1.88. The molecule has 0 aromatic carbocycles. The molecule has 0 spiro atoms. The van der Waals surface area contributed by atoms with Crippen molar-refractivity contribution in [1.29, 1.82) is 0 Å². The van der Waals surface area contributed by atoms with E-state index in [4.69, 9.17) is 5.11 Å². The molecule has 2 rings (SSSR count). The maximum Gasteiger partial charge on any atom is 0.309 e. The van der Waals surface area contributed by atoms with Gasteiger partial charge in [-0.25, -0.2) is 0 Å². The third-order valence-corrected chi connectivity index (χ3v) is 4.04. The van der Waals surface area contributed by atoms with Gasteiger partial charge in [-0.15, -0.1) is 0 Å². The topological polar surface area (TPSA) is 86.7 Å². The molecule has 0 radical (unpaired) electrons. The van der Waals surface area contributed by atoms with E-state index in [9.17, 15) is 13.2 Å². The van der Waals surface area contributed by atoms with E-state index in [2.05, 4.69) is 4.72 Å². The second-order valence-corrected chi connectivity index (χ2v) is 5.45. The molecule has 0 aromatic rings. The number of nitrogens with one attached hydrogen (secondary N) is 1. The number of carboxylic acid groups (broad SMARTS) is 1. The predicted molar refractivity (Wildman–Crippen MR) is 47.8 cm³/mol. The van der Waals surface area contributed by atoms with Crippen molar-refractivity contribution in [3.63, 3.8) is 0 Å². The highest BCUT2D eigenvalue weighted by atomic mass is 32.2. The zero-order valence-corrected chi connectivity index (χ0v) is 8.33. The second kappa shape index (κ2) is 3.18. The molecular weight excluding hydrogens is 208 g/mol. The molecule has 1 saturated heterocycles. The Morgan fingerprint density at radius 2 is 1.93 bits per heavy atom. The van der Waals surface area contributed by atoms with Crippen molar-refractivity contribution >= 4 is 16.2 Å². The van der Waals surface area contributed by atoms with Crippen LogP contribution in [0.25, 0.3) is 0 Å². The number of aliphatic carboxylic acids is 1. The fourth-order valence-corrected chi connectivity index (χ4v) is 2.84. The van der Waals surface area contributed by atoms with Gasteiger partial charge in [0.25, 0.3) is 10.2 Å². The molecule has 1 aliphatic heterocycles. The molecule has 1 aliphatic carbocycles. The van der Waals surface area contributed by atoms with Gasteiger partial charge in [0.05, 0.1) is 5.92 Å². The molecule has 80 valence electrons. The Labute approximate surface area is 82.1 Å². The van der Waals surface area contributed by atoms with E-state index < -0.39 is 22.1 Å². The van der Waals surface area contributed by atoms with Gasteiger partial charge in [-0.05, 0) is 12.8 Å². The minimum atomic E-state index is -3.41. The smallest absolute Gasteiger partial charge is 0.309 e. The van der Waals surface area contributed by atoms with Gasteiger partial charge in [-0.3, -0.25) is 4.79 Å². The second-order valence-electron chi connectivity index (χ2n) is 3.75. The number of nitrogens with zero attached hydrogens (tertiary/aromatic N) is 1. The lowest BCUT2D eigenvalue weighted by molar-refractivity contribution is -0.145. The van der Waals surface area contributed by atoms with Crippen LogP contribution in [0.4, 0.5) is 0 Å². The summed E-state index contributed by atoms with van der Waals surface area (Å²) in [6.07, 6.45) is 1.77. The quantitative estimate of drug-likeness (QED) is 0.636. The maximum absolute atomic E-state index is 11.5. The highest BCUT2D eigenvalue weighted by Crippen LogP contribution is 2.24. The molecule has 1 heterocycles. The fraction of sp³-hybridized carbons (Fsp3) is 0.857. The average molecular weight is 220 g/mol. The molecule has 2 fully saturated rings. The molecule has 6 nitrogen and oxygen atoms in total. The number of carbonyl (C=O) groups is 1. The first-order valence-corrected chi connectivity index (χ1v) is 5.93. The normalized spacial score (nSPS) is 24.6. The highest BCUT2D eigenvalue weighted by molar-refractivity contribution is 7.87. The minimum absolute atomic E-state index is 0.0730. The summed E-state index contributed by atoms with van der Waals surface area (Å²) < 4.78 is 26.6. The SMILES string of the molecule is O=C(O)C1CN(S(=O)(=O)NC2CC2)C1. The van der Waals surface area contributed by atoms with Gasteiger partial charge < -0.3 is 5.11 Å². The van der Waals surface area contributed by atoms with Gasteiger partial charge in [0.2, 0.25) is 0 Å². The van der Waals surface area contributed by atoms with E-state index in [0.717, 1.165) is 12.8 Å². The molecule has 0 amide bonds. The van der Waals surface area contributed by atoms with Crippen molar-refractivity contribution in [1.82, 2.24) is 9.03 Å². The maximum atomic E-state index is 11.5. The first-order valence-electron chi connectivity index (χ1n) is 4.49. The number of hydrogen-bond acceptors (Lipinski definition) is 3. The van der Waals surface area contributed by atoms with Crippen molar-refractivity contribution in [3.8, 4) is 0 Å². The summed E-state index contributed by atoms with van der Waals surface area (Å²) in [6, 6.07) is 0.0730. The van der Waals surface area contributed by atoms with Gasteiger partial charge in [0.15, 0.2) is 0 Å². The summed E-state index contributed by atoms with van der Waals surface area (Å²) in [6.45, 7) is 0.189. The van der Waals surface area contributed by atoms with Crippen LogP contribution in [0.5, 0.6) is 0 Å². The first kappa shape index (κ1) is 9.88. The van der Waals surface area contributed by atoms with Gasteiger partial charge >= 0.3 is 5.97 Å². The van der Waals surface area contributed by atoms with Crippen molar-refractivity contribution in [3.05, 3.63) is 0 Å². The molecule has 14 heavy (non-hydrogen) atoms. The van der Waals surface area contributed by atoms with Crippen LogP contribution >= 0.6 is 0 Å². The summed E-state index contributed by atoms with van der Waals surface area (Å²) in [5, 5.41) is 8.57. The van der Waals surface area contributed by atoms with E-state index in [0.29, 0.717) is 0 Å². The van der Waals surface area contributed by atoms with Gasteiger partial charge in [-0.1, -0.05) is 0 Å². The third kappa shape index (κ3) is 1.89. The monoisotopic (exact) mass is 220 g/mol. The van der Waals surface area contributed by atoms with Crippen LogP contribution in [-0.2, 0) is 15.0 Å². The zero-order chi connectivity index (χ0) is 10.3. The van der Waals surface area contributed by atoms with E-state index in [-0.39, 0.29) is 19.1 Å². The van der Waals surface area contributed by atoms with E-state index in [1.54, 1.807) is 0 Å². The summed E-state index contributed by atoms with van der Waals surface area (Å²) in [5.41, 5.74) is 0. The Hall–Kier alpha value is -0.660. The van der Waals surface area contributed by atoms with Crippen molar-refractivity contribution < 1.29 is 18.3 Å². The first-order chi connectivity index (χ1) is 6.49. The number of carboxylic acids is 1. The summed E-state index contributed by atoms with van der Waals surface area (Å²) in [4.78, 5) is 10.4. The molecule has 2 aliphatic rings. The van der Waals surface area contributed by atoms with Crippen LogP contribution in [0.2, 0.25) is 0 Å². The molecule has 0 atom stereocenters. The van der Waals surface area contributed by atoms with Crippen LogP contribution in [0.1, 0.15) is 12.8 Å². The summed E-state index contributed by atoms with van der Waals surface area (Å²) in [7, 11) is -3.41. The van der Waals surface area contributed by atoms with Gasteiger partial charge in [0, 0.05) is 19.1 Å². The lowest BCUT2D eigenvalue weighted by atomic mass is 10.0. The molecule has 2 N–H and O–H groups in total. The average Bonchev–Trinajstić information content (AvgIpc) is 2.63. The number of hydrogen-bond donors (Lipinski definition) is 2. The van der Waals surface area contributed by atoms with Crippen molar-refractivity contribution in [2.45, 2.75) is 18.9 Å². The molecule has 0 bridgehead atoms. The third-order valence-electron chi connectivity index (χ3n) is 2.43. The molecule has 0 unspecified atom stereocenters. The minimum Gasteiger partial charge on any atom is -0.481 e. The van der Waals surface area contributed by atoms with E-state index in [1.165, 1.54) is 4.31 Å². The fourth-order valence-electron chi connectivity index (χ4n) is 1.28. The van der Waals surface area contributed by atoms with Gasteiger partial charge in [0.1, 0.15) is 0 Å². The highest BCUT2D eigenvalue weighted by Gasteiger charge is 2.41. The lowest BCUT2D eigenvalue weighted by Crippen LogP contribution is -2.56. The summed E-state index contributed by atoms with van der Waals surface area (Å²) >= 11 is 0. The van der Waals surface area contributed by atoms with Crippen LogP contribution < -0.4 is 4.72 Å². The Morgan fingerprint density at radius 1 is 1.36 bits per heavy atom. The van der Waals surface area contributed by atoms with Crippen LogP contribution in [0.3, 0.4) is 0 Å². The van der Waals surface area contributed by atoms with E-state index >= 15 is 0 Å². The van der Waals surface area contributed by atoms with Crippen LogP contribution in [0.15, 0.2) is 0 Å². The molecular formula is C7H12N2O4S. The van der Waals surface area contributed by atoms with E-state index in [1.807, 2.05) is 0 Å². The molecule has 0 aromatic heterocycles. The Kier molecular flexibility index (Phi) is 2.24. The van der Waals surface area contributed by atoms with Crippen LogP contribution in [-0.4, -0.2) is 42.9 Å². The van der Waals surface area contributed by atoms with Crippen molar-refractivity contribution in [2.24, 2.45) is 5.92 Å². The largest absolute Gasteiger partial charge is 0.481 e. The number of rotatable bonds is 4. The van der Waals surface area contributed by atoms with Gasteiger partial charge in [-0.2, -0.15) is 17.4 Å².